The zero-order valence-corrected chi connectivity index (χ0v) is 17.4. The van der Waals surface area contributed by atoms with Gasteiger partial charge in [-0.25, -0.2) is 17.8 Å². The summed E-state index contributed by atoms with van der Waals surface area (Å²) in [6, 6.07) is 9.18. The average Bonchev–Trinajstić information content (AvgIpc) is 2.75. The number of aromatic nitrogens is 2. The molecular formula is C20H19FN6O3S. The molecule has 0 radical (unpaired) electrons. The van der Waals surface area contributed by atoms with Crippen LogP contribution in [0.15, 0.2) is 36.5 Å². The fourth-order valence-electron chi connectivity index (χ4n) is 3.27. The van der Waals surface area contributed by atoms with Gasteiger partial charge in [-0.3, -0.25) is 9.71 Å². The number of benzene rings is 2. The van der Waals surface area contributed by atoms with Crippen molar-refractivity contribution in [3.8, 4) is 6.07 Å². The van der Waals surface area contributed by atoms with E-state index in [9.17, 15) is 18.1 Å². The second-order valence-electron chi connectivity index (χ2n) is 6.99. The van der Waals surface area contributed by atoms with E-state index in [1.54, 1.807) is 18.3 Å². The lowest BCUT2D eigenvalue weighted by atomic mass is 10.1. The highest BCUT2D eigenvalue weighted by Gasteiger charge is 2.17. The molecule has 1 saturated heterocycles. The molecule has 31 heavy (non-hydrogen) atoms. The van der Waals surface area contributed by atoms with Crippen molar-refractivity contribution >= 4 is 43.9 Å². The second-order valence-corrected chi connectivity index (χ2v) is 8.74. The summed E-state index contributed by atoms with van der Waals surface area (Å²) in [7, 11) is -3.52. The quantitative estimate of drug-likeness (QED) is 0.619. The van der Waals surface area contributed by atoms with E-state index in [1.165, 1.54) is 12.1 Å². The van der Waals surface area contributed by atoms with Gasteiger partial charge in [0.15, 0.2) is 0 Å². The summed E-state index contributed by atoms with van der Waals surface area (Å²) in [5.41, 5.74) is 1.68. The molecule has 0 atom stereocenters. The first-order chi connectivity index (χ1) is 14.8. The SMILES string of the molecule is CS(=O)(=O)Nc1ccc(F)c(Nc2ccc3ncc(N4CCOCC4)nc3c2C#N)c1. The minimum atomic E-state index is -3.52. The molecule has 0 unspecified atom stereocenters. The van der Waals surface area contributed by atoms with Gasteiger partial charge in [0.1, 0.15) is 28.8 Å². The number of sulfonamides is 1. The van der Waals surface area contributed by atoms with E-state index in [2.05, 4.69) is 26.1 Å². The van der Waals surface area contributed by atoms with Gasteiger partial charge >= 0.3 is 0 Å². The topological polar surface area (TPSA) is 120 Å². The number of rotatable bonds is 5. The lowest BCUT2D eigenvalue weighted by Gasteiger charge is -2.27. The third kappa shape index (κ3) is 4.65. The molecule has 2 aromatic carbocycles. The Balaban J connectivity index is 1.72. The molecule has 2 heterocycles. The number of halogens is 1. The Morgan fingerprint density at radius 2 is 1.97 bits per heavy atom. The molecule has 1 aromatic heterocycles. The number of nitrogens with zero attached hydrogens (tertiary/aromatic N) is 4. The number of nitrogens with one attached hydrogen (secondary N) is 2. The van der Waals surface area contributed by atoms with Crippen molar-refractivity contribution in [2.24, 2.45) is 0 Å². The van der Waals surface area contributed by atoms with Crippen LogP contribution in [0.4, 0.5) is 27.3 Å². The van der Waals surface area contributed by atoms with Gasteiger partial charge in [0.05, 0.1) is 48.2 Å². The maximum atomic E-state index is 14.4. The molecule has 0 amide bonds. The lowest BCUT2D eigenvalue weighted by molar-refractivity contribution is 0.122. The predicted molar refractivity (Wildman–Crippen MR) is 115 cm³/mol. The lowest BCUT2D eigenvalue weighted by Crippen LogP contribution is -2.36. The third-order valence-corrected chi connectivity index (χ3v) is 5.29. The first-order valence-electron chi connectivity index (χ1n) is 9.41. The van der Waals surface area contributed by atoms with Crippen LogP contribution in [0, 0.1) is 17.1 Å². The second kappa shape index (κ2) is 8.33. The predicted octanol–water partition coefficient (Wildman–Crippen LogP) is 2.59. The third-order valence-electron chi connectivity index (χ3n) is 4.69. The zero-order chi connectivity index (χ0) is 22.0. The minimum Gasteiger partial charge on any atom is -0.378 e. The van der Waals surface area contributed by atoms with E-state index in [0.29, 0.717) is 48.8 Å². The van der Waals surface area contributed by atoms with Crippen LogP contribution in [0.25, 0.3) is 11.0 Å². The summed E-state index contributed by atoms with van der Waals surface area (Å²) in [5.74, 6) is 0.0335. The number of morpholine rings is 1. The van der Waals surface area contributed by atoms with E-state index in [-0.39, 0.29) is 16.9 Å². The normalized spacial score (nSPS) is 14.3. The molecule has 0 bridgehead atoms. The standard InChI is InChI=1S/C20H19FN6O3S/c1-31(28,29)26-13-2-3-15(21)18(10-13)24-16-4-5-17-20(14(16)11-22)25-19(12-23-17)27-6-8-30-9-7-27/h2-5,10,12,24,26H,6-9H2,1H3. The molecule has 11 heteroatoms. The van der Waals surface area contributed by atoms with Crippen molar-refractivity contribution in [1.82, 2.24) is 9.97 Å². The van der Waals surface area contributed by atoms with Crippen LogP contribution < -0.4 is 14.9 Å². The fraction of sp³-hybridized carbons (Fsp3) is 0.250. The van der Waals surface area contributed by atoms with Gasteiger partial charge < -0.3 is 15.0 Å². The number of hydrogen-bond acceptors (Lipinski definition) is 8. The number of hydrogen-bond donors (Lipinski definition) is 2. The maximum absolute atomic E-state index is 14.4. The van der Waals surface area contributed by atoms with E-state index in [1.807, 2.05) is 4.90 Å². The summed E-state index contributed by atoms with van der Waals surface area (Å²) in [6.07, 6.45) is 2.66. The van der Waals surface area contributed by atoms with Gasteiger partial charge in [0.25, 0.3) is 0 Å². The van der Waals surface area contributed by atoms with Crippen LogP contribution in [0.2, 0.25) is 0 Å². The van der Waals surface area contributed by atoms with Crippen molar-refractivity contribution in [2.45, 2.75) is 0 Å². The van der Waals surface area contributed by atoms with Gasteiger partial charge in [0.2, 0.25) is 10.0 Å². The number of anilines is 4. The number of ether oxygens (including phenoxy) is 1. The van der Waals surface area contributed by atoms with E-state index in [4.69, 9.17) is 4.74 Å². The highest BCUT2D eigenvalue weighted by atomic mass is 32.2. The Labute approximate surface area is 178 Å². The fourth-order valence-corrected chi connectivity index (χ4v) is 3.83. The van der Waals surface area contributed by atoms with Gasteiger partial charge in [-0.1, -0.05) is 0 Å². The first kappa shape index (κ1) is 20.8. The number of nitriles is 1. The molecule has 0 spiro atoms. The summed E-state index contributed by atoms with van der Waals surface area (Å²) < 4.78 is 45.0. The molecule has 4 rings (SSSR count). The number of fused-ring (bicyclic) bond motifs is 1. The molecule has 160 valence electrons. The Kier molecular flexibility index (Phi) is 5.58. The van der Waals surface area contributed by atoms with E-state index in [0.717, 1.165) is 12.3 Å². The summed E-state index contributed by atoms with van der Waals surface area (Å²) in [6.45, 7) is 2.52. The molecule has 1 fully saturated rings. The van der Waals surface area contributed by atoms with Gasteiger partial charge in [0, 0.05) is 13.1 Å². The van der Waals surface area contributed by atoms with Crippen LogP contribution >= 0.6 is 0 Å². The molecule has 1 aliphatic rings. The van der Waals surface area contributed by atoms with Crippen molar-refractivity contribution in [2.75, 3.05) is 47.5 Å². The van der Waals surface area contributed by atoms with Gasteiger partial charge in [-0.15, -0.1) is 0 Å². The smallest absolute Gasteiger partial charge is 0.229 e. The molecule has 3 aromatic rings. The highest BCUT2D eigenvalue weighted by molar-refractivity contribution is 7.92. The Morgan fingerprint density at radius 1 is 1.19 bits per heavy atom. The van der Waals surface area contributed by atoms with E-state index < -0.39 is 15.8 Å². The van der Waals surface area contributed by atoms with Gasteiger partial charge in [-0.2, -0.15) is 5.26 Å². The summed E-state index contributed by atoms with van der Waals surface area (Å²) in [5, 5.41) is 12.7. The Morgan fingerprint density at radius 3 is 2.68 bits per heavy atom. The molecule has 0 saturated carbocycles. The van der Waals surface area contributed by atoms with Gasteiger partial charge in [-0.05, 0) is 30.3 Å². The van der Waals surface area contributed by atoms with Crippen LogP contribution in [0.3, 0.4) is 0 Å². The maximum Gasteiger partial charge on any atom is 0.229 e. The first-order valence-corrected chi connectivity index (χ1v) is 11.3. The van der Waals surface area contributed by atoms with Crippen molar-refractivity contribution in [3.63, 3.8) is 0 Å². The van der Waals surface area contributed by atoms with Crippen LogP contribution in [-0.2, 0) is 14.8 Å². The summed E-state index contributed by atoms with van der Waals surface area (Å²) in [4.78, 5) is 11.1. The van der Waals surface area contributed by atoms with E-state index >= 15 is 0 Å². The van der Waals surface area contributed by atoms with Crippen molar-refractivity contribution in [3.05, 3.63) is 47.9 Å². The monoisotopic (exact) mass is 442 g/mol. The van der Waals surface area contributed by atoms with Crippen molar-refractivity contribution in [1.29, 1.82) is 5.26 Å². The molecule has 2 N–H and O–H groups in total. The average molecular weight is 442 g/mol. The largest absolute Gasteiger partial charge is 0.378 e. The van der Waals surface area contributed by atoms with Crippen LogP contribution in [-0.4, -0.2) is 50.9 Å². The zero-order valence-electron chi connectivity index (χ0n) is 16.6. The molecular weight excluding hydrogens is 423 g/mol. The van der Waals surface area contributed by atoms with Crippen molar-refractivity contribution < 1.29 is 17.5 Å². The highest BCUT2D eigenvalue weighted by Crippen LogP contribution is 2.30. The minimum absolute atomic E-state index is 0.0155. The summed E-state index contributed by atoms with van der Waals surface area (Å²) >= 11 is 0. The van der Waals surface area contributed by atoms with Crippen LogP contribution in [0.5, 0.6) is 0 Å². The molecule has 0 aliphatic carbocycles. The van der Waals surface area contributed by atoms with Crippen LogP contribution in [0.1, 0.15) is 5.56 Å². The Bertz CT molecular complexity index is 1290. The molecule has 1 aliphatic heterocycles. The molecule has 9 nitrogen and oxygen atoms in total. The Hall–Kier alpha value is -3.49.